The Morgan fingerprint density at radius 1 is 1.15 bits per heavy atom. The van der Waals surface area contributed by atoms with Crippen molar-refractivity contribution >= 4 is 0 Å². The van der Waals surface area contributed by atoms with Crippen molar-refractivity contribution in [3.05, 3.63) is 35.6 Å². The Bertz CT molecular complexity index is 439. The molecule has 0 aliphatic heterocycles. The van der Waals surface area contributed by atoms with Crippen LogP contribution < -0.4 is 5.32 Å². The topological polar surface area (TPSA) is 12.0 Å². The van der Waals surface area contributed by atoms with E-state index >= 15 is 0 Å². The van der Waals surface area contributed by atoms with Gasteiger partial charge in [-0.05, 0) is 55.2 Å². The van der Waals surface area contributed by atoms with E-state index < -0.39 is 0 Å². The Labute approximate surface area is 122 Å². The van der Waals surface area contributed by atoms with Crippen molar-refractivity contribution < 1.29 is 4.39 Å². The molecule has 1 aromatic carbocycles. The molecule has 2 aliphatic rings. The maximum Gasteiger partial charge on any atom is 0.126 e. The highest BCUT2D eigenvalue weighted by atomic mass is 19.1. The number of halogens is 1. The van der Waals surface area contributed by atoms with Gasteiger partial charge in [-0.3, -0.25) is 0 Å². The third-order valence-electron chi connectivity index (χ3n) is 5.44. The van der Waals surface area contributed by atoms with E-state index in [0.717, 1.165) is 36.8 Å². The normalized spacial score (nSPS) is 33.7. The minimum Gasteiger partial charge on any atom is -0.314 e. The summed E-state index contributed by atoms with van der Waals surface area (Å²) in [5.74, 6) is 2.13. The fourth-order valence-corrected chi connectivity index (χ4v) is 3.86. The molecule has 0 heterocycles. The Hall–Kier alpha value is -0.890. The summed E-state index contributed by atoms with van der Waals surface area (Å²) in [6.07, 6.45) is 7.80. The lowest BCUT2D eigenvalue weighted by Gasteiger charge is -2.38. The maximum absolute atomic E-state index is 13.7. The fraction of sp³-hybridized carbons (Fsp3) is 0.667. The molecule has 2 saturated carbocycles. The van der Waals surface area contributed by atoms with Gasteiger partial charge in [-0.1, -0.05) is 44.4 Å². The summed E-state index contributed by atoms with van der Waals surface area (Å²) in [4.78, 5) is 0. The summed E-state index contributed by atoms with van der Waals surface area (Å²) in [6.45, 7) is 3.56. The summed E-state index contributed by atoms with van der Waals surface area (Å²) >= 11 is 0. The average Bonchev–Trinajstić information content (AvgIpc) is 2.41. The summed E-state index contributed by atoms with van der Waals surface area (Å²) in [5.41, 5.74) is 0.914. The molecule has 20 heavy (non-hydrogen) atoms. The molecule has 1 N–H and O–H groups in total. The second-order valence-electron chi connectivity index (χ2n) is 6.82. The van der Waals surface area contributed by atoms with Gasteiger partial charge in [0.2, 0.25) is 0 Å². The van der Waals surface area contributed by atoms with Crippen LogP contribution in [0.3, 0.4) is 0 Å². The summed E-state index contributed by atoms with van der Waals surface area (Å²) in [6, 6.07) is 7.86. The molecule has 1 aromatic rings. The first-order valence-electron chi connectivity index (χ1n) is 8.22. The van der Waals surface area contributed by atoms with Crippen LogP contribution in [0.15, 0.2) is 24.3 Å². The number of benzene rings is 1. The van der Waals surface area contributed by atoms with E-state index in [1.807, 2.05) is 12.1 Å². The average molecular weight is 275 g/mol. The Balaban J connectivity index is 1.43. The van der Waals surface area contributed by atoms with Crippen LogP contribution in [-0.4, -0.2) is 12.6 Å². The van der Waals surface area contributed by atoms with Gasteiger partial charge in [0.1, 0.15) is 5.82 Å². The van der Waals surface area contributed by atoms with Crippen molar-refractivity contribution in [2.24, 2.45) is 11.8 Å². The van der Waals surface area contributed by atoms with Crippen molar-refractivity contribution in [2.45, 2.75) is 57.4 Å². The summed E-state index contributed by atoms with van der Waals surface area (Å²) < 4.78 is 13.7. The van der Waals surface area contributed by atoms with E-state index in [1.54, 1.807) is 12.1 Å². The smallest absolute Gasteiger partial charge is 0.126 e. The molecular formula is C18H26FN. The van der Waals surface area contributed by atoms with Crippen LogP contribution in [-0.2, 0) is 0 Å². The molecule has 0 amide bonds. The van der Waals surface area contributed by atoms with E-state index in [-0.39, 0.29) is 5.82 Å². The van der Waals surface area contributed by atoms with Gasteiger partial charge in [0, 0.05) is 6.04 Å². The number of rotatable bonds is 4. The van der Waals surface area contributed by atoms with Crippen LogP contribution in [0, 0.1) is 17.7 Å². The van der Waals surface area contributed by atoms with E-state index in [9.17, 15) is 4.39 Å². The SMILES string of the molecule is CC1CCCCC1CNC1CC(c2ccccc2F)C1. The van der Waals surface area contributed by atoms with Crippen LogP contribution >= 0.6 is 0 Å². The van der Waals surface area contributed by atoms with Gasteiger partial charge < -0.3 is 5.32 Å². The number of hydrogen-bond acceptors (Lipinski definition) is 1. The molecule has 2 aliphatic carbocycles. The molecule has 0 saturated heterocycles. The van der Waals surface area contributed by atoms with Gasteiger partial charge in [-0.2, -0.15) is 0 Å². The van der Waals surface area contributed by atoms with Crippen LogP contribution in [0.25, 0.3) is 0 Å². The van der Waals surface area contributed by atoms with Crippen molar-refractivity contribution in [2.75, 3.05) is 6.54 Å². The molecule has 1 nitrogen and oxygen atoms in total. The van der Waals surface area contributed by atoms with E-state index in [4.69, 9.17) is 0 Å². The van der Waals surface area contributed by atoms with Crippen molar-refractivity contribution in [1.82, 2.24) is 5.32 Å². The molecule has 2 fully saturated rings. The van der Waals surface area contributed by atoms with Gasteiger partial charge in [-0.15, -0.1) is 0 Å². The lowest BCUT2D eigenvalue weighted by Crippen LogP contribution is -2.43. The first-order chi connectivity index (χ1) is 9.74. The quantitative estimate of drug-likeness (QED) is 0.854. The molecular weight excluding hydrogens is 249 g/mol. The molecule has 3 rings (SSSR count). The second kappa shape index (κ2) is 6.26. The molecule has 2 heteroatoms. The summed E-state index contributed by atoms with van der Waals surface area (Å²) in [7, 11) is 0. The highest BCUT2D eigenvalue weighted by molar-refractivity contribution is 5.24. The lowest BCUT2D eigenvalue weighted by molar-refractivity contribution is 0.212. The largest absolute Gasteiger partial charge is 0.314 e. The van der Waals surface area contributed by atoms with Gasteiger partial charge in [0.25, 0.3) is 0 Å². The van der Waals surface area contributed by atoms with Crippen molar-refractivity contribution in [3.63, 3.8) is 0 Å². The van der Waals surface area contributed by atoms with Gasteiger partial charge in [0.15, 0.2) is 0 Å². The van der Waals surface area contributed by atoms with E-state index in [2.05, 4.69) is 12.2 Å². The van der Waals surface area contributed by atoms with Crippen LogP contribution in [0.5, 0.6) is 0 Å². The fourth-order valence-electron chi connectivity index (χ4n) is 3.86. The van der Waals surface area contributed by atoms with Crippen molar-refractivity contribution in [3.8, 4) is 0 Å². The van der Waals surface area contributed by atoms with Crippen LogP contribution in [0.2, 0.25) is 0 Å². The third kappa shape index (κ3) is 3.06. The highest BCUT2D eigenvalue weighted by Crippen LogP contribution is 2.38. The van der Waals surface area contributed by atoms with Gasteiger partial charge in [0.05, 0.1) is 0 Å². The monoisotopic (exact) mass is 275 g/mol. The van der Waals surface area contributed by atoms with Crippen LogP contribution in [0.4, 0.5) is 4.39 Å². The van der Waals surface area contributed by atoms with Gasteiger partial charge >= 0.3 is 0 Å². The summed E-state index contributed by atoms with van der Waals surface area (Å²) in [5, 5.41) is 3.72. The number of nitrogens with one attached hydrogen (secondary N) is 1. The minimum atomic E-state index is -0.0307. The second-order valence-corrected chi connectivity index (χ2v) is 6.82. The Morgan fingerprint density at radius 3 is 2.65 bits per heavy atom. The van der Waals surface area contributed by atoms with Crippen molar-refractivity contribution in [1.29, 1.82) is 0 Å². The predicted molar refractivity (Wildman–Crippen MR) is 81.3 cm³/mol. The first-order valence-corrected chi connectivity index (χ1v) is 8.22. The zero-order chi connectivity index (χ0) is 13.9. The molecule has 0 spiro atoms. The predicted octanol–water partition coefficient (Wildman–Crippen LogP) is 4.49. The Morgan fingerprint density at radius 2 is 1.90 bits per heavy atom. The van der Waals surface area contributed by atoms with Crippen LogP contribution in [0.1, 0.15) is 56.9 Å². The van der Waals surface area contributed by atoms with E-state index in [0.29, 0.717) is 12.0 Å². The lowest BCUT2D eigenvalue weighted by atomic mass is 9.75. The highest BCUT2D eigenvalue weighted by Gasteiger charge is 2.32. The first kappa shape index (κ1) is 14.1. The third-order valence-corrected chi connectivity index (χ3v) is 5.44. The minimum absolute atomic E-state index is 0.0307. The molecule has 0 bridgehead atoms. The molecule has 2 atom stereocenters. The molecule has 110 valence electrons. The molecule has 2 unspecified atom stereocenters. The Kier molecular flexibility index (Phi) is 4.40. The number of hydrogen-bond donors (Lipinski definition) is 1. The molecule has 0 radical (unpaired) electrons. The zero-order valence-corrected chi connectivity index (χ0v) is 12.4. The zero-order valence-electron chi connectivity index (χ0n) is 12.4. The standard InChI is InChI=1S/C18H26FN/c1-13-6-2-3-7-14(13)12-20-16-10-15(11-16)17-8-4-5-9-18(17)19/h4-5,8-9,13-16,20H,2-3,6-7,10-12H2,1H3. The van der Waals surface area contributed by atoms with E-state index in [1.165, 1.54) is 25.7 Å². The van der Waals surface area contributed by atoms with Gasteiger partial charge in [-0.25, -0.2) is 4.39 Å². The molecule has 0 aromatic heterocycles. The maximum atomic E-state index is 13.7.